The van der Waals surface area contributed by atoms with E-state index in [0.29, 0.717) is 32.8 Å². The van der Waals surface area contributed by atoms with Crippen molar-refractivity contribution in [3.05, 3.63) is 34.7 Å². The second kappa shape index (κ2) is 7.01. The summed E-state index contributed by atoms with van der Waals surface area (Å²) in [7, 11) is 0. The Balaban J connectivity index is 1.39. The van der Waals surface area contributed by atoms with Gasteiger partial charge in [-0.15, -0.1) is 0 Å². The van der Waals surface area contributed by atoms with Crippen LogP contribution < -0.4 is 5.69 Å². The van der Waals surface area contributed by atoms with Gasteiger partial charge in [0.1, 0.15) is 0 Å². The van der Waals surface area contributed by atoms with Crippen molar-refractivity contribution in [2.24, 2.45) is 0 Å². The largest absolute Gasteiger partial charge is 0.378 e. The van der Waals surface area contributed by atoms with Crippen LogP contribution in [0.15, 0.2) is 29.1 Å². The Morgan fingerprint density at radius 2 is 1.84 bits per heavy atom. The topological polar surface area (TPSA) is 70.6 Å². The number of carbonyl (C=O) groups is 1. The molecule has 1 amide bonds. The number of ether oxygens (including phenoxy) is 1. The van der Waals surface area contributed by atoms with Crippen LogP contribution in [-0.4, -0.2) is 71.2 Å². The van der Waals surface area contributed by atoms with E-state index < -0.39 is 0 Å². The van der Waals surface area contributed by atoms with Crippen molar-refractivity contribution in [2.45, 2.75) is 18.9 Å². The number of para-hydroxylation sites is 2. The number of nitrogens with one attached hydrogen (secondary N) is 1. The lowest BCUT2D eigenvalue weighted by atomic mass is 10.0. The van der Waals surface area contributed by atoms with Crippen molar-refractivity contribution in [3.8, 4) is 0 Å². The summed E-state index contributed by atoms with van der Waals surface area (Å²) in [6.07, 6.45) is 1.77. The van der Waals surface area contributed by atoms with E-state index in [1.54, 1.807) is 0 Å². The molecule has 0 bridgehead atoms. The van der Waals surface area contributed by atoms with Crippen LogP contribution in [0.3, 0.4) is 0 Å². The number of rotatable bonds is 3. The van der Waals surface area contributed by atoms with Gasteiger partial charge in [-0.2, -0.15) is 0 Å². The van der Waals surface area contributed by atoms with Crippen molar-refractivity contribution in [2.75, 3.05) is 45.9 Å². The average Bonchev–Trinajstić information content (AvgIpc) is 2.99. The summed E-state index contributed by atoms with van der Waals surface area (Å²) in [5.41, 5.74) is 1.82. The molecule has 2 saturated heterocycles. The standard InChI is InChI=1S/C18H24N4O3/c23-17(21-9-11-25-12-10-21)13-20-7-5-14(6-8-20)22-16-4-2-1-3-15(16)19-18(22)24/h1-4,14H,5-13H2,(H,19,24). The van der Waals surface area contributed by atoms with Gasteiger partial charge in [0, 0.05) is 32.2 Å². The van der Waals surface area contributed by atoms with E-state index in [1.165, 1.54) is 0 Å². The minimum Gasteiger partial charge on any atom is -0.378 e. The number of morpholine rings is 1. The van der Waals surface area contributed by atoms with Gasteiger partial charge in [0.2, 0.25) is 5.91 Å². The third-order valence-corrected chi connectivity index (χ3v) is 5.27. The fourth-order valence-electron chi connectivity index (χ4n) is 3.88. The molecule has 2 aromatic rings. The van der Waals surface area contributed by atoms with Crippen molar-refractivity contribution in [1.29, 1.82) is 0 Å². The fraction of sp³-hybridized carbons (Fsp3) is 0.556. The van der Waals surface area contributed by atoms with E-state index in [1.807, 2.05) is 33.7 Å². The summed E-state index contributed by atoms with van der Waals surface area (Å²) in [6.45, 7) is 4.81. The first-order chi connectivity index (χ1) is 12.2. The SMILES string of the molecule is O=C(CN1CCC(n2c(=O)[nH]c3ccccc32)CC1)N1CCOCC1. The number of nitrogens with zero attached hydrogens (tertiary/aromatic N) is 3. The number of imidazole rings is 1. The van der Waals surface area contributed by atoms with E-state index >= 15 is 0 Å². The van der Waals surface area contributed by atoms with Gasteiger partial charge in [0.15, 0.2) is 0 Å². The number of piperidine rings is 1. The number of aromatic amines is 1. The van der Waals surface area contributed by atoms with Gasteiger partial charge in [0.05, 0.1) is 30.8 Å². The molecule has 0 atom stereocenters. The van der Waals surface area contributed by atoms with Gasteiger partial charge in [-0.05, 0) is 25.0 Å². The predicted octanol–water partition coefficient (Wildman–Crippen LogP) is 0.825. The Bertz CT molecular complexity index is 798. The maximum atomic E-state index is 12.4. The monoisotopic (exact) mass is 344 g/mol. The van der Waals surface area contributed by atoms with Crippen molar-refractivity contribution in [3.63, 3.8) is 0 Å². The quantitative estimate of drug-likeness (QED) is 0.895. The molecular formula is C18H24N4O3. The summed E-state index contributed by atoms with van der Waals surface area (Å²) in [5, 5.41) is 0. The molecule has 7 heteroatoms. The number of hydrogen-bond donors (Lipinski definition) is 1. The third kappa shape index (κ3) is 3.34. The average molecular weight is 344 g/mol. The smallest absolute Gasteiger partial charge is 0.326 e. The third-order valence-electron chi connectivity index (χ3n) is 5.27. The fourth-order valence-corrected chi connectivity index (χ4v) is 3.88. The molecule has 3 heterocycles. The molecule has 1 aromatic carbocycles. The van der Waals surface area contributed by atoms with Crippen LogP contribution in [0.1, 0.15) is 18.9 Å². The minimum absolute atomic E-state index is 0.0379. The molecule has 2 fully saturated rings. The summed E-state index contributed by atoms with van der Waals surface area (Å²) < 4.78 is 7.18. The molecule has 2 aliphatic rings. The van der Waals surface area contributed by atoms with Crippen LogP contribution in [0.4, 0.5) is 0 Å². The van der Waals surface area contributed by atoms with E-state index in [-0.39, 0.29) is 17.6 Å². The highest BCUT2D eigenvalue weighted by molar-refractivity contribution is 5.78. The number of benzene rings is 1. The summed E-state index contributed by atoms with van der Waals surface area (Å²) in [4.78, 5) is 31.7. The first-order valence-corrected chi connectivity index (χ1v) is 8.99. The second-order valence-electron chi connectivity index (χ2n) is 6.82. The Morgan fingerprint density at radius 3 is 2.60 bits per heavy atom. The van der Waals surface area contributed by atoms with E-state index in [2.05, 4.69) is 9.88 Å². The molecule has 0 aliphatic carbocycles. The van der Waals surface area contributed by atoms with Crippen LogP contribution in [0.2, 0.25) is 0 Å². The van der Waals surface area contributed by atoms with Crippen LogP contribution >= 0.6 is 0 Å². The number of hydrogen-bond acceptors (Lipinski definition) is 4. The zero-order valence-corrected chi connectivity index (χ0v) is 14.3. The summed E-state index contributed by atoms with van der Waals surface area (Å²) in [6, 6.07) is 8.01. The van der Waals surface area contributed by atoms with Gasteiger partial charge < -0.3 is 14.6 Å². The Labute approximate surface area is 146 Å². The number of H-pyrrole nitrogens is 1. The van der Waals surface area contributed by atoms with Crippen molar-refractivity contribution in [1.82, 2.24) is 19.4 Å². The van der Waals surface area contributed by atoms with Crippen molar-refractivity contribution >= 4 is 16.9 Å². The molecule has 0 spiro atoms. The Morgan fingerprint density at radius 1 is 1.12 bits per heavy atom. The number of fused-ring (bicyclic) bond motifs is 1. The number of aromatic nitrogens is 2. The maximum absolute atomic E-state index is 12.4. The van der Waals surface area contributed by atoms with Crippen LogP contribution in [0.5, 0.6) is 0 Å². The molecule has 0 radical (unpaired) electrons. The molecule has 7 nitrogen and oxygen atoms in total. The highest BCUT2D eigenvalue weighted by Crippen LogP contribution is 2.24. The van der Waals surface area contributed by atoms with Gasteiger partial charge in [0.25, 0.3) is 0 Å². The van der Waals surface area contributed by atoms with Crippen LogP contribution in [0, 0.1) is 0 Å². The Kier molecular flexibility index (Phi) is 4.59. The molecule has 0 saturated carbocycles. The lowest BCUT2D eigenvalue weighted by Crippen LogP contribution is -2.47. The number of likely N-dealkylation sites (tertiary alicyclic amines) is 1. The van der Waals surface area contributed by atoms with E-state index in [4.69, 9.17) is 4.74 Å². The normalized spacial score (nSPS) is 20.2. The molecule has 134 valence electrons. The summed E-state index contributed by atoms with van der Waals surface area (Å²) in [5.74, 6) is 0.186. The van der Waals surface area contributed by atoms with Gasteiger partial charge in [-0.1, -0.05) is 12.1 Å². The number of amides is 1. The molecule has 1 aromatic heterocycles. The highest BCUT2D eigenvalue weighted by Gasteiger charge is 2.26. The lowest BCUT2D eigenvalue weighted by Gasteiger charge is -2.34. The Hall–Kier alpha value is -2.12. The zero-order valence-electron chi connectivity index (χ0n) is 14.3. The van der Waals surface area contributed by atoms with E-state index in [0.717, 1.165) is 37.0 Å². The molecular weight excluding hydrogens is 320 g/mol. The number of carbonyl (C=O) groups excluding carboxylic acids is 1. The van der Waals surface area contributed by atoms with Crippen LogP contribution in [-0.2, 0) is 9.53 Å². The van der Waals surface area contributed by atoms with Crippen LogP contribution in [0.25, 0.3) is 11.0 Å². The summed E-state index contributed by atoms with van der Waals surface area (Å²) >= 11 is 0. The highest BCUT2D eigenvalue weighted by atomic mass is 16.5. The molecule has 1 N–H and O–H groups in total. The van der Waals surface area contributed by atoms with E-state index in [9.17, 15) is 9.59 Å². The first-order valence-electron chi connectivity index (χ1n) is 8.99. The van der Waals surface area contributed by atoms with Gasteiger partial charge in [-0.25, -0.2) is 4.79 Å². The second-order valence-corrected chi connectivity index (χ2v) is 6.82. The molecule has 25 heavy (non-hydrogen) atoms. The molecule has 4 rings (SSSR count). The first kappa shape index (κ1) is 16.4. The molecule has 0 unspecified atom stereocenters. The lowest BCUT2D eigenvalue weighted by molar-refractivity contribution is -0.136. The maximum Gasteiger partial charge on any atom is 0.326 e. The van der Waals surface area contributed by atoms with Crippen molar-refractivity contribution < 1.29 is 9.53 Å². The van der Waals surface area contributed by atoms with Gasteiger partial charge >= 0.3 is 5.69 Å². The van der Waals surface area contributed by atoms with Gasteiger partial charge in [-0.3, -0.25) is 14.3 Å². The zero-order chi connectivity index (χ0) is 17.2. The molecule has 2 aliphatic heterocycles. The predicted molar refractivity (Wildman–Crippen MR) is 94.7 cm³/mol. The minimum atomic E-state index is -0.0379.